The molecule has 0 saturated carbocycles. The van der Waals surface area contributed by atoms with Gasteiger partial charge in [0.2, 0.25) is 0 Å². The zero-order chi connectivity index (χ0) is 12.3. The van der Waals surface area contributed by atoms with Gasteiger partial charge in [-0.25, -0.2) is 0 Å². The molecule has 0 aliphatic carbocycles. The maximum atomic E-state index is 12.3. The molecule has 0 spiro atoms. The van der Waals surface area contributed by atoms with Crippen molar-refractivity contribution in [2.75, 3.05) is 13.1 Å². The van der Waals surface area contributed by atoms with Crippen LogP contribution in [0.3, 0.4) is 0 Å². The summed E-state index contributed by atoms with van der Waals surface area (Å²) in [4.78, 5) is 18.1. The Kier molecular flexibility index (Phi) is 4.00. The number of carbonyl (C=O) groups excluding carboxylic acids is 1. The summed E-state index contributed by atoms with van der Waals surface area (Å²) < 4.78 is 0. The first-order valence-corrected chi connectivity index (χ1v) is 6.45. The van der Waals surface area contributed by atoms with Gasteiger partial charge in [0, 0.05) is 25.5 Å². The Hall–Kier alpha value is -1.09. The highest BCUT2D eigenvalue weighted by molar-refractivity contribution is 6.33. The molecular formula is C13H17ClN2O. The summed E-state index contributed by atoms with van der Waals surface area (Å²) in [5.74, 6) is 0.743. The molecule has 1 fully saturated rings. The summed E-state index contributed by atoms with van der Waals surface area (Å²) in [7, 11) is 0. The van der Waals surface area contributed by atoms with Crippen LogP contribution >= 0.6 is 11.6 Å². The number of pyridine rings is 1. The van der Waals surface area contributed by atoms with E-state index in [1.54, 1.807) is 12.3 Å². The van der Waals surface area contributed by atoms with Crippen molar-refractivity contribution in [3.05, 3.63) is 29.0 Å². The van der Waals surface area contributed by atoms with Gasteiger partial charge in [-0.05, 0) is 31.2 Å². The van der Waals surface area contributed by atoms with E-state index in [-0.39, 0.29) is 5.91 Å². The third-order valence-corrected chi connectivity index (χ3v) is 3.61. The molecule has 0 aromatic carbocycles. The van der Waals surface area contributed by atoms with Crippen LogP contribution in [-0.4, -0.2) is 28.9 Å². The summed E-state index contributed by atoms with van der Waals surface area (Å²) in [6.45, 7) is 3.91. The molecule has 17 heavy (non-hydrogen) atoms. The molecule has 1 aromatic rings. The number of hydrogen-bond donors (Lipinski definition) is 0. The van der Waals surface area contributed by atoms with E-state index in [1.807, 2.05) is 4.90 Å². The number of halogens is 1. The molecular weight excluding hydrogens is 236 g/mol. The lowest BCUT2D eigenvalue weighted by molar-refractivity contribution is 0.0760. The van der Waals surface area contributed by atoms with E-state index < -0.39 is 0 Å². The van der Waals surface area contributed by atoms with E-state index in [1.165, 1.54) is 12.6 Å². The molecule has 1 saturated heterocycles. The monoisotopic (exact) mass is 252 g/mol. The predicted molar refractivity (Wildman–Crippen MR) is 68.2 cm³/mol. The predicted octanol–water partition coefficient (Wildman–Crippen LogP) is 3.00. The number of hydrogen-bond acceptors (Lipinski definition) is 2. The van der Waals surface area contributed by atoms with Crippen LogP contribution in [0.4, 0.5) is 0 Å². The molecule has 0 N–H and O–H groups in total. The van der Waals surface area contributed by atoms with Crippen molar-refractivity contribution < 1.29 is 4.79 Å². The number of aromatic nitrogens is 1. The van der Waals surface area contributed by atoms with Crippen molar-refractivity contribution in [2.45, 2.75) is 26.2 Å². The number of nitrogens with zero attached hydrogens (tertiary/aromatic N) is 2. The molecule has 2 rings (SSSR count). The van der Waals surface area contributed by atoms with E-state index >= 15 is 0 Å². The van der Waals surface area contributed by atoms with Gasteiger partial charge in [-0.3, -0.25) is 9.78 Å². The smallest absolute Gasteiger partial charge is 0.255 e. The quantitative estimate of drug-likeness (QED) is 0.770. The Balaban J connectivity index is 2.12. The van der Waals surface area contributed by atoms with E-state index in [2.05, 4.69) is 11.9 Å². The van der Waals surface area contributed by atoms with Crippen molar-refractivity contribution >= 4 is 17.5 Å². The van der Waals surface area contributed by atoms with Crippen LogP contribution < -0.4 is 0 Å². The highest BCUT2D eigenvalue weighted by Crippen LogP contribution is 2.20. The van der Waals surface area contributed by atoms with Gasteiger partial charge in [-0.2, -0.15) is 0 Å². The summed E-state index contributed by atoms with van der Waals surface area (Å²) in [6, 6.07) is 1.69. The van der Waals surface area contributed by atoms with Crippen molar-refractivity contribution in [1.82, 2.24) is 9.88 Å². The third-order valence-electron chi connectivity index (χ3n) is 3.31. The molecule has 0 bridgehead atoms. The SMILES string of the molecule is CC1CCCN(C(=O)c2ccncc2Cl)CC1. The van der Waals surface area contributed by atoms with Gasteiger partial charge >= 0.3 is 0 Å². The standard InChI is InChI=1S/C13H17ClN2O/c1-10-3-2-7-16(8-5-10)13(17)11-4-6-15-9-12(11)14/h4,6,9-10H,2-3,5,7-8H2,1H3. The minimum atomic E-state index is 0.0338. The molecule has 1 unspecified atom stereocenters. The molecule has 1 atom stereocenters. The number of amides is 1. The molecule has 1 aromatic heterocycles. The molecule has 0 radical (unpaired) electrons. The van der Waals surface area contributed by atoms with Crippen LogP contribution in [0.25, 0.3) is 0 Å². The van der Waals surface area contributed by atoms with Crippen molar-refractivity contribution in [3.8, 4) is 0 Å². The lowest BCUT2D eigenvalue weighted by Crippen LogP contribution is -2.32. The summed E-state index contributed by atoms with van der Waals surface area (Å²) >= 11 is 6.00. The van der Waals surface area contributed by atoms with E-state index in [4.69, 9.17) is 11.6 Å². The number of carbonyl (C=O) groups is 1. The Morgan fingerprint density at radius 3 is 3.06 bits per heavy atom. The first-order valence-electron chi connectivity index (χ1n) is 6.07. The topological polar surface area (TPSA) is 33.2 Å². The zero-order valence-electron chi connectivity index (χ0n) is 10.0. The highest BCUT2D eigenvalue weighted by Gasteiger charge is 2.21. The van der Waals surface area contributed by atoms with Crippen LogP contribution in [0, 0.1) is 5.92 Å². The molecule has 1 aliphatic rings. The van der Waals surface area contributed by atoms with Crippen LogP contribution in [0.5, 0.6) is 0 Å². The first-order chi connectivity index (χ1) is 8.18. The average Bonchev–Trinajstić information content (AvgIpc) is 2.54. The van der Waals surface area contributed by atoms with Gasteiger partial charge in [0.1, 0.15) is 0 Å². The van der Waals surface area contributed by atoms with Gasteiger partial charge in [0.15, 0.2) is 0 Å². The van der Waals surface area contributed by atoms with Gasteiger partial charge in [-0.15, -0.1) is 0 Å². The second kappa shape index (κ2) is 5.50. The number of likely N-dealkylation sites (tertiary alicyclic amines) is 1. The molecule has 3 nitrogen and oxygen atoms in total. The Bertz CT molecular complexity index is 408. The summed E-state index contributed by atoms with van der Waals surface area (Å²) in [6.07, 6.45) is 6.49. The van der Waals surface area contributed by atoms with E-state index in [9.17, 15) is 4.79 Å². The maximum Gasteiger partial charge on any atom is 0.255 e. The maximum absolute atomic E-state index is 12.3. The largest absolute Gasteiger partial charge is 0.339 e. The second-order valence-electron chi connectivity index (χ2n) is 4.68. The van der Waals surface area contributed by atoms with Gasteiger partial charge in [-0.1, -0.05) is 18.5 Å². The van der Waals surface area contributed by atoms with Crippen LogP contribution in [0.2, 0.25) is 5.02 Å². The fourth-order valence-corrected chi connectivity index (χ4v) is 2.39. The molecule has 1 aliphatic heterocycles. The first kappa shape index (κ1) is 12.4. The van der Waals surface area contributed by atoms with Gasteiger partial charge < -0.3 is 4.90 Å². The minimum absolute atomic E-state index is 0.0338. The lowest BCUT2D eigenvalue weighted by atomic mass is 10.0. The third kappa shape index (κ3) is 2.97. The van der Waals surface area contributed by atoms with Crippen LogP contribution in [-0.2, 0) is 0 Å². The van der Waals surface area contributed by atoms with Gasteiger partial charge in [0.05, 0.1) is 10.6 Å². The van der Waals surface area contributed by atoms with Crippen molar-refractivity contribution in [3.63, 3.8) is 0 Å². The fourth-order valence-electron chi connectivity index (χ4n) is 2.19. The Morgan fingerprint density at radius 2 is 2.29 bits per heavy atom. The Morgan fingerprint density at radius 1 is 1.47 bits per heavy atom. The highest BCUT2D eigenvalue weighted by atomic mass is 35.5. The normalized spacial score (nSPS) is 21.1. The fraction of sp³-hybridized carbons (Fsp3) is 0.538. The van der Waals surface area contributed by atoms with Crippen molar-refractivity contribution in [1.29, 1.82) is 0 Å². The minimum Gasteiger partial charge on any atom is -0.339 e. The second-order valence-corrected chi connectivity index (χ2v) is 5.09. The zero-order valence-corrected chi connectivity index (χ0v) is 10.8. The molecule has 2 heterocycles. The van der Waals surface area contributed by atoms with Gasteiger partial charge in [0.25, 0.3) is 5.91 Å². The van der Waals surface area contributed by atoms with Crippen molar-refractivity contribution in [2.24, 2.45) is 5.92 Å². The lowest BCUT2D eigenvalue weighted by Gasteiger charge is -2.20. The van der Waals surface area contributed by atoms with E-state index in [0.29, 0.717) is 16.5 Å². The molecule has 1 amide bonds. The summed E-state index contributed by atoms with van der Waals surface area (Å²) in [5, 5.41) is 0.440. The van der Waals surface area contributed by atoms with Crippen LogP contribution in [0.15, 0.2) is 18.5 Å². The van der Waals surface area contributed by atoms with Crippen LogP contribution in [0.1, 0.15) is 36.5 Å². The average molecular weight is 253 g/mol. The van der Waals surface area contributed by atoms with E-state index in [0.717, 1.165) is 25.9 Å². The molecule has 92 valence electrons. The summed E-state index contributed by atoms with van der Waals surface area (Å²) in [5.41, 5.74) is 0.566. The Labute approximate surface area is 107 Å². The molecule has 4 heteroatoms. The number of rotatable bonds is 1.